The van der Waals surface area contributed by atoms with Crippen molar-refractivity contribution >= 4 is 39.5 Å². The van der Waals surface area contributed by atoms with Crippen LogP contribution in [0.5, 0.6) is 11.8 Å². The van der Waals surface area contributed by atoms with Crippen LogP contribution in [0.15, 0.2) is 41.3 Å². The topological polar surface area (TPSA) is 109 Å². The number of hydrogen-bond donors (Lipinski definition) is 2. The van der Waals surface area contributed by atoms with Gasteiger partial charge in [-0.2, -0.15) is 14.3 Å². The second-order valence-electron chi connectivity index (χ2n) is 13.5. The lowest BCUT2D eigenvalue weighted by Crippen LogP contribution is -2.64. The fourth-order valence-electron chi connectivity index (χ4n) is 8.24. The van der Waals surface area contributed by atoms with Gasteiger partial charge in [-0.25, -0.2) is 8.78 Å². The van der Waals surface area contributed by atoms with E-state index in [9.17, 15) is 14.0 Å². The number of morpholine rings is 1. The van der Waals surface area contributed by atoms with Crippen molar-refractivity contribution in [2.45, 2.75) is 66.8 Å². The minimum atomic E-state index is -1.85. The normalized spacial score (nSPS) is 31.0. The summed E-state index contributed by atoms with van der Waals surface area (Å²) in [6, 6.07) is 10.3. The van der Waals surface area contributed by atoms with Gasteiger partial charge in [0.25, 0.3) is 4.90 Å². The number of piperazine rings is 1. The smallest absolute Gasteiger partial charge is 0.319 e. The van der Waals surface area contributed by atoms with Gasteiger partial charge < -0.3 is 29.3 Å². The van der Waals surface area contributed by atoms with Crippen molar-refractivity contribution in [2.75, 3.05) is 50.9 Å². The number of nitrogens with one attached hydrogen (secondary N) is 1. The van der Waals surface area contributed by atoms with E-state index in [1.54, 1.807) is 10.4 Å². The van der Waals surface area contributed by atoms with Crippen LogP contribution in [0.1, 0.15) is 43.4 Å². The van der Waals surface area contributed by atoms with Gasteiger partial charge in [0.15, 0.2) is 17.3 Å². The van der Waals surface area contributed by atoms with E-state index in [0.29, 0.717) is 50.7 Å². The lowest BCUT2D eigenvalue weighted by Gasteiger charge is -2.47. The standard InChI is InChI=1S/C33H36F2N6O4S/c34-20-12-33(8-3-9-39(33)15-20)18-45-32-37-28-27(35)29(26-11-24(42)10-19-4-1-2-5-25(19)26)41(21-6-7-21)46(43)30(28)31(38-32)40-22-13-36-14-23(40)17-44-16-22/h1-2,4-5,10-11,20-23,36,42H,3,6-9,12-18H2/t20-,22?,23?,33+,46?/m1/s1. The molecule has 1 aromatic heterocycles. The molecule has 242 valence electrons. The number of alkyl halides is 1. The lowest BCUT2D eigenvalue weighted by atomic mass is 9.95. The third-order valence-corrected chi connectivity index (χ3v) is 12.0. The Morgan fingerprint density at radius 1 is 1.13 bits per heavy atom. The van der Waals surface area contributed by atoms with E-state index in [1.807, 2.05) is 24.3 Å². The van der Waals surface area contributed by atoms with E-state index in [0.717, 1.165) is 43.0 Å². The highest BCUT2D eigenvalue weighted by atomic mass is 32.2. The maximum atomic E-state index is 17.4. The number of fused-ring (bicyclic) bond motifs is 5. The zero-order valence-electron chi connectivity index (χ0n) is 25.3. The molecule has 0 radical (unpaired) electrons. The molecule has 2 bridgehead atoms. The van der Waals surface area contributed by atoms with Gasteiger partial charge in [-0.3, -0.25) is 4.90 Å². The van der Waals surface area contributed by atoms with Gasteiger partial charge in [0.2, 0.25) is 0 Å². The maximum Gasteiger partial charge on any atom is 0.319 e. The van der Waals surface area contributed by atoms with Crippen LogP contribution in [-0.4, -0.2) is 105 Å². The summed E-state index contributed by atoms with van der Waals surface area (Å²) in [6.45, 7) is 3.57. The molecule has 3 unspecified atom stereocenters. The van der Waals surface area contributed by atoms with Gasteiger partial charge in [0.1, 0.15) is 35.6 Å². The van der Waals surface area contributed by atoms with Crippen LogP contribution in [0.3, 0.4) is 0 Å². The minimum absolute atomic E-state index is 0.00882. The quantitative estimate of drug-likeness (QED) is 0.383. The molecule has 9 rings (SSSR count). The number of phenolic OH excluding ortho intramolecular Hbond substituents is 1. The van der Waals surface area contributed by atoms with Gasteiger partial charge in [-0.05, 0) is 55.1 Å². The summed E-state index contributed by atoms with van der Waals surface area (Å²) in [5.74, 6) is -0.243. The number of aromatic hydroxyl groups is 1. The first-order chi connectivity index (χ1) is 22.4. The van der Waals surface area contributed by atoms with Crippen molar-refractivity contribution in [3.8, 4) is 11.8 Å². The molecule has 5 fully saturated rings. The maximum absolute atomic E-state index is 17.4. The first kappa shape index (κ1) is 29.0. The lowest BCUT2D eigenvalue weighted by molar-refractivity contribution is 0.0516. The molecule has 6 heterocycles. The number of phenols is 1. The third-order valence-electron chi connectivity index (χ3n) is 10.4. The Kier molecular flexibility index (Phi) is 6.87. The second kappa shape index (κ2) is 10.9. The summed E-state index contributed by atoms with van der Waals surface area (Å²) in [5, 5.41) is 15.6. The van der Waals surface area contributed by atoms with E-state index >= 15 is 4.39 Å². The number of benzene rings is 2. The first-order valence-corrected chi connectivity index (χ1v) is 17.3. The zero-order valence-corrected chi connectivity index (χ0v) is 26.1. The van der Waals surface area contributed by atoms with E-state index in [2.05, 4.69) is 20.1 Å². The van der Waals surface area contributed by atoms with Crippen molar-refractivity contribution < 1.29 is 27.9 Å². The van der Waals surface area contributed by atoms with Crippen LogP contribution < -0.4 is 15.0 Å². The Morgan fingerprint density at radius 3 is 2.74 bits per heavy atom. The molecule has 10 nitrogen and oxygen atoms in total. The fourth-order valence-corrected chi connectivity index (χ4v) is 9.87. The molecule has 6 aliphatic rings. The molecule has 5 atom stereocenters. The summed E-state index contributed by atoms with van der Waals surface area (Å²) in [4.78, 5) is 14.0. The highest BCUT2D eigenvalue weighted by Gasteiger charge is 2.52. The number of nitrogens with zero attached hydrogens (tertiary/aromatic N) is 5. The highest BCUT2D eigenvalue weighted by molar-refractivity contribution is 7.89. The Balaban J connectivity index is 1.22. The predicted octanol–water partition coefficient (Wildman–Crippen LogP) is 3.76. The molecule has 0 amide bonds. The van der Waals surface area contributed by atoms with Crippen molar-refractivity contribution in [2.24, 2.45) is 0 Å². The average molecular weight is 651 g/mol. The van der Waals surface area contributed by atoms with Crippen LogP contribution in [0, 0.1) is 0 Å². The molecule has 46 heavy (non-hydrogen) atoms. The Morgan fingerprint density at radius 2 is 1.93 bits per heavy atom. The SMILES string of the molecule is [O-][S+]1c2c(nc(OC[C@@]34CCCN3C[C@H](F)C4)nc2N2C3CNCC2COC3)C(F)=C(c2cc(O)cc3ccccc23)N1C1CC1. The highest BCUT2D eigenvalue weighted by Crippen LogP contribution is 2.51. The van der Waals surface area contributed by atoms with E-state index in [4.69, 9.17) is 14.5 Å². The van der Waals surface area contributed by atoms with Crippen molar-refractivity contribution in [1.82, 2.24) is 24.5 Å². The van der Waals surface area contributed by atoms with Crippen molar-refractivity contribution in [3.63, 3.8) is 0 Å². The zero-order chi connectivity index (χ0) is 31.2. The molecule has 2 aromatic carbocycles. The van der Waals surface area contributed by atoms with Crippen LogP contribution in [0.4, 0.5) is 14.6 Å². The van der Waals surface area contributed by atoms with Crippen LogP contribution >= 0.6 is 0 Å². The van der Waals surface area contributed by atoms with Gasteiger partial charge in [-0.1, -0.05) is 24.3 Å². The molecule has 3 aromatic rings. The molecule has 5 aliphatic heterocycles. The van der Waals surface area contributed by atoms with Gasteiger partial charge in [-0.15, -0.1) is 0 Å². The molecule has 2 N–H and O–H groups in total. The monoisotopic (exact) mass is 650 g/mol. The van der Waals surface area contributed by atoms with E-state index in [-0.39, 0.29) is 52.8 Å². The van der Waals surface area contributed by atoms with E-state index < -0.39 is 28.9 Å². The first-order valence-electron chi connectivity index (χ1n) is 16.2. The number of halogens is 2. The fraction of sp³-hybridized carbons (Fsp3) is 0.515. The number of anilines is 1. The number of ether oxygens (including phenoxy) is 2. The Hall–Kier alpha value is -3.23. The molecular weight excluding hydrogens is 614 g/mol. The minimum Gasteiger partial charge on any atom is -0.588 e. The van der Waals surface area contributed by atoms with Crippen LogP contribution in [0.25, 0.3) is 22.3 Å². The number of hydrogen-bond acceptors (Lipinski definition) is 10. The molecular formula is C33H36F2N6O4S. The summed E-state index contributed by atoms with van der Waals surface area (Å²) in [6.07, 6.45) is 2.78. The summed E-state index contributed by atoms with van der Waals surface area (Å²) in [7, 11) is 0. The summed E-state index contributed by atoms with van der Waals surface area (Å²) >= 11 is -1.85. The summed E-state index contributed by atoms with van der Waals surface area (Å²) < 4.78 is 60.6. The Bertz CT molecular complexity index is 1720. The molecule has 1 aliphatic carbocycles. The number of aromatic nitrogens is 2. The van der Waals surface area contributed by atoms with Crippen LogP contribution in [0.2, 0.25) is 0 Å². The largest absolute Gasteiger partial charge is 0.588 e. The van der Waals surface area contributed by atoms with Crippen molar-refractivity contribution in [1.29, 1.82) is 0 Å². The van der Waals surface area contributed by atoms with Gasteiger partial charge >= 0.3 is 6.01 Å². The van der Waals surface area contributed by atoms with Gasteiger partial charge in [0, 0.05) is 31.6 Å². The average Bonchev–Trinajstić information content (AvgIpc) is 3.73. The second-order valence-corrected chi connectivity index (χ2v) is 14.8. The summed E-state index contributed by atoms with van der Waals surface area (Å²) in [5.41, 5.74) is 0.0980. The Labute approximate surface area is 268 Å². The molecule has 4 saturated heterocycles. The molecule has 1 saturated carbocycles. The van der Waals surface area contributed by atoms with Gasteiger partial charge in [0.05, 0.1) is 36.9 Å². The molecule has 13 heteroatoms. The van der Waals surface area contributed by atoms with Crippen LogP contribution in [-0.2, 0) is 16.1 Å². The third kappa shape index (κ3) is 4.57. The van der Waals surface area contributed by atoms with E-state index in [1.165, 1.54) is 6.07 Å². The number of rotatable bonds is 6. The van der Waals surface area contributed by atoms with Crippen molar-refractivity contribution in [3.05, 3.63) is 47.7 Å². The predicted molar refractivity (Wildman–Crippen MR) is 169 cm³/mol. The molecule has 0 spiro atoms.